The van der Waals surface area contributed by atoms with E-state index in [1.54, 1.807) is 11.3 Å². The van der Waals surface area contributed by atoms with Gasteiger partial charge in [-0.3, -0.25) is 4.21 Å². The van der Waals surface area contributed by atoms with E-state index in [2.05, 4.69) is 31.1 Å². The molecule has 0 bridgehead atoms. The first kappa shape index (κ1) is 14.8. The molecule has 1 aromatic rings. The van der Waals surface area contributed by atoms with Crippen LogP contribution in [0.2, 0.25) is 0 Å². The molecular formula is C12H22N2OS2. The summed E-state index contributed by atoms with van der Waals surface area (Å²) in [6, 6.07) is 0.0397. The Labute approximate surface area is 110 Å². The molecule has 2 N–H and O–H groups in total. The Kier molecular flexibility index (Phi) is 5.28. The van der Waals surface area contributed by atoms with Gasteiger partial charge in [0.25, 0.3) is 0 Å². The van der Waals surface area contributed by atoms with Gasteiger partial charge in [-0.05, 0) is 6.42 Å². The van der Waals surface area contributed by atoms with Gasteiger partial charge in [0.05, 0.1) is 11.4 Å². The molecule has 1 aromatic heterocycles. The normalized spacial score (nSPS) is 15.8. The van der Waals surface area contributed by atoms with Crippen molar-refractivity contribution in [1.82, 2.24) is 4.98 Å². The smallest absolute Gasteiger partial charge is 0.105 e. The average molecular weight is 274 g/mol. The van der Waals surface area contributed by atoms with Gasteiger partial charge in [0.1, 0.15) is 5.01 Å². The molecule has 17 heavy (non-hydrogen) atoms. The first-order chi connectivity index (χ1) is 7.82. The third kappa shape index (κ3) is 4.85. The van der Waals surface area contributed by atoms with Crippen LogP contribution in [0.3, 0.4) is 0 Å². The van der Waals surface area contributed by atoms with Gasteiger partial charge in [0.2, 0.25) is 0 Å². The minimum absolute atomic E-state index is 0.0397. The van der Waals surface area contributed by atoms with Gasteiger partial charge in [-0.15, -0.1) is 11.3 Å². The number of hydrogen-bond acceptors (Lipinski definition) is 4. The molecule has 0 saturated carbocycles. The van der Waals surface area contributed by atoms with Crippen molar-refractivity contribution in [3.8, 4) is 0 Å². The Morgan fingerprint density at radius 1 is 1.53 bits per heavy atom. The maximum Gasteiger partial charge on any atom is 0.105 e. The van der Waals surface area contributed by atoms with Crippen LogP contribution in [0.15, 0.2) is 5.38 Å². The molecule has 2 unspecified atom stereocenters. The zero-order valence-corrected chi connectivity index (χ0v) is 12.7. The van der Waals surface area contributed by atoms with Crippen molar-refractivity contribution in [2.24, 2.45) is 5.73 Å². The molecule has 5 heteroatoms. The molecule has 0 aliphatic heterocycles. The first-order valence-corrected chi connectivity index (χ1v) is 8.25. The number of aromatic nitrogens is 1. The fourth-order valence-electron chi connectivity index (χ4n) is 1.27. The van der Waals surface area contributed by atoms with Crippen LogP contribution >= 0.6 is 11.3 Å². The van der Waals surface area contributed by atoms with Crippen LogP contribution in [0.5, 0.6) is 0 Å². The number of hydrogen-bond donors (Lipinski definition) is 1. The summed E-state index contributed by atoms with van der Waals surface area (Å²) in [5.74, 6) is 1.11. The third-order valence-corrected chi connectivity index (χ3v) is 4.96. The molecule has 3 nitrogen and oxygen atoms in total. The van der Waals surface area contributed by atoms with Crippen LogP contribution in [-0.2, 0) is 22.0 Å². The van der Waals surface area contributed by atoms with E-state index in [-0.39, 0.29) is 11.5 Å². The Morgan fingerprint density at radius 2 is 2.18 bits per heavy atom. The van der Waals surface area contributed by atoms with Crippen LogP contribution in [-0.4, -0.2) is 21.0 Å². The fourth-order valence-corrected chi connectivity index (χ4v) is 3.92. The van der Waals surface area contributed by atoms with E-state index >= 15 is 0 Å². The predicted octanol–water partition coefficient (Wildman–Crippen LogP) is 2.43. The summed E-state index contributed by atoms with van der Waals surface area (Å²) in [7, 11) is -0.892. The van der Waals surface area contributed by atoms with Crippen LogP contribution in [0, 0.1) is 0 Å². The topological polar surface area (TPSA) is 56.0 Å². The summed E-state index contributed by atoms with van der Waals surface area (Å²) in [5, 5.41) is 3.02. The Balaban J connectivity index is 2.58. The molecule has 1 heterocycles. The van der Waals surface area contributed by atoms with Crippen LogP contribution in [0.1, 0.15) is 44.8 Å². The van der Waals surface area contributed by atoms with Crippen LogP contribution in [0.25, 0.3) is 0 Å². The van der Waals surface area contributed by atoms with Gasteiger partial charge >= 0.3 is 0 Å². The van der Waals surface area contributed by atoms with E-state index in [4.69, 9.17) is 5.73 Å². The Bertz CT molecular complexity index is 382. The van der Waals surface area contributed by atoms with E-state index < -0.39 is 10.8 Å². The molecule has 2 atom stereocenters. The van der Waals surface area contributed by atoms with E-state index in [1.807, 2.05) is 6.92 Å². The summed E-state index contributed by atoms with van der Waals surface area (Å²) < 4.78 is 11.8. The monoisotopic (exact) mass is 274 g/mol. The minimum atomic E-state index is -0.892. The van der Waals surface area contributed by atoms with Gasteiger partial charge < -0.3 is 5.73 Å². The van der Waals surface area contributed by atoms with Crippen molar-refractivity contribution < 1.29 is 4.21 Å². The zero-order valence-electron chi connectivity index (χ0n) is 11.0. The van der Waals surface area contributed by atoms with Gasteiger partial charge in [-0.2, -0.15) is 0 Å². The van der Waals surface area contributed by atoms with Gasteiger partial charge in [-0.25, -0.2) is 4.98 Å². The summed E-state index contributed by atoms with van der Waals surface area (Å²) in [5.41, 5.74) is 6.94. The van der Waals surface area contributed by atoms with E-state index in [9.17, 15) is 4.21 Å². The molecule has 0 amide bonds. The molecule has 0 aliphatic rings. The maximum atomic E-state index is 11.8. The molecule has 0 spiro atoms. The predicted molar refractivity (Wildman–Crippen MR) is 75.8 cm³/mol. The van der Waals surface area contributed by atoms with Crippen molar-refractivity contribution in [2.75, 3.05) is 5.75 Å². The SMILES string of the molecule is CCC(N)CS(=O)Cc1nc(C(C)(C)C)cs1. The number of thiazole rings is 1. The molecule has 0 fully saturated rings. The van der Waals surface area contributed by atoms with Crippen LogP contribution in [0.4, 0.5) is 0 Å². The lowest BCUT2D eigenvalue weighted by Crippen LogP contribution is -2.26. The summed E-state index contributed by atoms with van der Waals surface area (Å²) in [4.78, 5) is 4.54. The van der Waals surface area contributed by atoms with Gasteiger partial charge in [0, 0.05) is 33.4 Å². The highest BCUT2D eigenvalue weighted by molar-refractivity contribution is 7.84. The second kappa shape index (κ2) is 6.07. The van der Waals surface area contributed by atoms with E-state index in [1.165, 1.54) is 0 Å². The highest BCUT2D eigenvalue weighted by atomic mass is 32.2. The van der Waals surface area contributed by atoms with E-state index in [0.717, 1.165) is 17.1 Å². The second-order valence-electron chi connectivity index (χ2n) is 5.30. The molecule has 0 aromatic carbocycles. The van der Waals surface area contributed by atoms with Crippen molar-refractivity contribution >= 4 is 22.1 Å². The largest absolute Gasteiger partial charge is 0.327 e. The fraction of sp³-hybridized carbons (Fsp3) is 0.750. The molecule has 1 rings (SSSR count). The standard InChI is InChI=1S/C12H22N2OS2/c1-5-9(13)7-17(15)8-11-14-10(6-16-11)12(2,3)4/h6,9H,5,7-8,13H2,1-4H3. The van der Waals surface area contributed by atoms with Crippen LogP contribution < -0.4 is 5.73 Å². The molecule has 0 aliphatic carbocycles. The van der Waals surface area contributed by atoms with Gasteiger partial charge in [0.15, 0.2) is 0 Å². The quantitative estimate of drug-likeness (QED) is 0.897. The molecule has 0 radical (unpaired) electrons. The zero-order chi connectivity index (χ0) is 13.1. The summed E-state index contributed by atoms with van der Waals surface area (Å²) in [6.07, 6.45) is 0.872. The first-order valence-electron chi connectivity index (χ1n) is 5.88. The summed E-state index contributed by atoms with van der Waals surface area (Å²) >= 11 is 1.59. The second-order valence-corrected chi connectivity index (χ2v) is 7.74. The average Bonchev–Trinajstić information content (AvgIpc) is 2.65. The van der Waals surface area contributed by atoms with E-state index in [0.29, 0.717) is 11.5 Å². The van der Waals surface area contributed by atoms with Crippen molar-refractivity contribution in [3.63, 3.8) is 0 Å². The highest BCUT2D eigenvalue weighted by Gasteiger charge is 2.18. The number of rotatable bonds is 5. The minimum Gasteiger partial charge on any atom is -0.327 e. The summed E-state index contributed by atoms with van der Waals surface area (Å²) in [6.45, 7) is 8.42. The third-order valence-electron chi connectivity index (χ3n) is 2.53. The Hall–Kier alpha value is -0.260. The number of nitrogens with zero attached hydrogens (tertiary/aromatic N) is 1. The molecular weight excluding hydrogens is 252 g/mol. The van der Waals surface area contributed by atoms with Gasteiger partial charge in [-0.1, -0.05) is 27.7 Å². The maximum absolute atomic E-state index is 11.8. The van der Waals surface area contributed by atoms with Crippen molar-refractivity contribution in [1.29, 1.82) is 0 Å². The highest BCUT2D eigenvalue weighted by Crippen LogP contribution is 2.24. The lowest BCUT2D eigenvalue weighted by molar-refractivity contribution is 0.571. The lowest BCUT2D eigenvalue weighted by Gasteiger charge is -2.14. The lowest BCUT2D eigenvalue weighted by atomic mass is 9.93. The molecule has 98 valence electrons. The Morgan fingerprint density at radius 3 is 2.65 bits per heavy atom. The van der Waals surface area contributed by atoms with Crippen molar-refractivity contribution in [2.45, 2.75) is 51.3 Å². The van der Waals surface area contributed by atoms with Crippen molar-refractivity contribution in [3.05, 3.63) is 16.1 Å². The molecule has 0 saturated heterocycles. The number of nitrogens with two attached hydrogens (primary N) is 1.